The van der Waals surface area contributed by atoms with E-state index in [1.807, 2.05) is 0 Å². The highest BCUT2D eigenvalue weighted by molar-refractivity contribution is 6.21. The predicted molar refractivity (Wildman–Crippen MR) is 261 cm³/mol. The van der Waals surface area contributed by atoms with E-state index in [1.165, 1.54) is 104 Å². The third kappa shape index (κ3) is 19.8. The number of hydrogen-bond acceptors (Lipinski definition) is 9. The molecule has 2 atom stereocenters. The van der Waals surface area contributed by atoms with Crippen LogP contribution in [0.1, 0.15) is 202 Å². The lowest BCUT2D eigenvalue weighted by atomic mass is 10.1. The number of imidazole rings is 1. The molecule has 3 heterocycles. The van der Waals surface area contributed by atoms with Gasteiger partial charge < -0.3 is 25.4 Å². The number of nitrogens with zero attached hydrogens (tertiary/aromatic N) is 5. The predicted octanol–water partition coefficient (Wildman–Crippen LogP) is 8.80. The molecule has 2 amide bonds. The molecule has 2 aromatic heterocycles. The molecule has 4 rings (SSSR count). The van der Waals surface area contributed by atoms with Crippen LogP contribution < -0.4 is 21.9 Å². The van der Waals surface area contributed by atoms with Crippen LogP contribution in [0.4, 0.5) is 0 Å². The highest BCUT2D eigenvalue weighted by atomic mass is 16.3. The molecular formula is C51H87N7O6. The minimum absolute atomic E-state index is 0.160. The van der Waals surface area contributed by atoms with Gasteiger partial charge in [0.1, 0.15) is 0 Å². The number of unbranched alkanes of at least 4 members (excludes halogenated alkanes) is 20. The van der Waals surface area contributed by atoms with Gasteiger partial charge in [0.25, 0.3) is 17.4 Å². The third-order valence-electron chi connectivity index (χ3n) is 12.6. The Morgan fingerprint density at radius 3 is 1.47 bits per heavy atom. The van der Waals surface area contributed by atoms with Crippen LogP contribution in [0, 0.1) is 0 Å². The van der Waals surface area contributed by atoms with Crippen molar-refractivity contribution in [2.45, 2.75) is 200 Å². The maximum atomic E-state index is 12.7. The first-order valence-corrected chi connectivity index (χ1v) is 25.5. The van der Waals surface area contributed by atoms with Gasteiger partial charge in [-0.05, 0) is 63.7 Å². The van der Waals surface area contributed by atoms with Crippen molar-refractivity contribution in [2.24, 2.45) is 14.1 Å². The number of aliphatic hydroxyl groups excluding tert-OH is 2. The lowest BCUT2D eigenvalue weighted by Gasteiger charge is -2.14. The molecule has 0 saturated heterocycles. The molecule has 0 aliphatic carbocycles. The van der Waals surface area contributed by atoms with Crippen LogP contribution >= 0.6 is 0 Å². The lowest BCUT2D eigenvalue weighted by molar-refractivity contribution is 0.0651. The Morgan fingerprint density at radius 2 is 0.984 bits per heavy atom. The average molecular weight is 894 g/mol. The molecule has 13 nitrogen and oxygen atoms in total. The van der Waals surface area contributed by atoms with E-state index in [2.05, 4.69) is 29.5 Å². The lowest BCUT2D eigenvalue weighted by Crippen LogP contribution is -2.39. The molecule has 362 valence electrons. The fraction of sp³-hybridized carbons (Fsp3) is 0.745. The summed E-state index contributed by atoms with van der Waals surface area (Å²) in [5, 5.41) is 26.9. The van der Waals surface area contributed by atoms with Crippen LogP contribution in [-0.4, -0.2) is 90.5 Å². The van der Waals surface area contributed by atoms with Crippen LogP contribution in [0.25, 0.3) is 11.2 Å². The smallest absolute Gasteiger partial charge is 0.332 e. The second-order valence-corrected chi connectivity index (χ2v) is 18.2. The number of fused-ring (bicyclic) bond motifs is 2. The number of hydrogen-bond donors (Lipinski definition) is 4. The van der Waals surface area contributed by atoms with Crippen molar-refractivity contribution >= 4 is 23.0 Å². The number of carbonyl (C=O) groups excluding carboxylic acids is 2. The molecule has 3 aromatic rings. The Bertz CT molecular complexity index is 1820. The van der Waals surface area contributed by atoms with Crippen LogP contribution in [0.15, 0.2) is 40.2 Å². The monoisotopic (exact) mass is 894 g/mol. The zero-order chi connectivity index (χ0) is 46.4. The minimum atomic E-state index is -0.291. The number of amides is 2. The van der Waals surface area contributed by atoms with E-state index in [0.29, 0.717) is 48.5 Å². The van der Waals surface area contributed by atoms with Crippen molar-refractivity contribution in [3.63, 3.8) is 0 Å². The van der Waals surface area contributed by atoms with E-state index in [-0.39, 0.29) is 35.3 Å². The summed E-state index contributed by atoms with van der Waals surface area (Å²) in [6, 6.07) is 7.05. The molecule has 2 unspecified atom stereocenters. The zero-order valence-corrected chi connectivity index (χ0v) is 40.4. The van der Waals surface area contributed by atoms with E-state index < -0.39 is 0 Å². The summed E-state index contributed by atoms with van der Waals surface area (Å²) in [4.78, 5) is 55.3. The molecule has 1 aliphatic rings. The summed E-state index contributed by atoms with van der Waals surface area (Å²) in [7, 11) is 3.44. The van der Waals surface area contributed by atoms with Gasteiger partial charge in [0.2, 0.25) is 0 Å². The normalized spacial score (nSPS) is 13.4. The Morgan fingerprint density at radius 1 is 0.562 bits per heavy atom. The summed E-state index contributed by atoms with van der Waals surface area (Å²) >= 11 is 0. The van der Waals surface area contributed by atoms with Crippen LogP contribution in [0.2, 0.25) is 0 Å². The first-order chi connectivity index (χ1) is 31.1. The summed E-state index contributed by atoms with van der Waals surface area (Å²) < 4.78 is 4.48. The Hall–Kier alpha value is -3.65. The van der Waals surface area contributed by atoms with E-state index in [0.717, 1.165) is 90.1 Å². The SMILES string of the molecule is CCCCCCCCC(O)CNCCCCCCCCCn1c(=O)c2c(ncn2C)n(C)c1=O.CCCCCCCCNCC(O)CCCCCCCN1C(=O)c2ccccc2C1=O. The first kappa shape index (κ1) is 54.7. The van der Waals surface area contributed by atoms with Crippen LogP contribution in [-0.2, 0) is 20.6 Å². The number of aryl methyl sites for hydroxylation is 2. The van der Waals surface area contributed by atoms with Crippen LogP contribution in [0.3, 0.4) is 0 Å². The summed E-state index contributed by atoms with van der Waals surface area (Å²) in [5.41, 5.74) is 1.44. The molecule has 1 aliphatic heterocycles. The van der Waals surface area contributed by atoms with Gasteiger partial charge in [-0.3, -0.25) is 28.4 Å². The second-order valence-electron chi connectivity index (χ2n) is 18.2. The van der Waals surface area contributed by atoms with Gasteiger partial charge >= 0.3 is 5.69 Å². The van der Waals surface area contributed by atoms with E-state index in [4.69, 9.17) is 0 Å². The van der Waals surface area contributed by atoms with Crippen LogP contribution in [0.5, 0.6) is 0 Å². The number of rotatable bonds is 36. The molecule has 13 heteroatoms. The molecule has 64 heavy (non-hydrogen) atoms. The van der Waals surface area contributed by atoms with E-state index >= 15 is 0 Å². The van der Waals surface area contributed by atoms with Crippen molar-refractivity contribution in [3.05, 3.63) is 62.6 Å². The minimum Gasteiger partial charge on any atom is -0.392 e. The fourth-order valence-electron chi connectivity index (χ4n) is 8.55. The fourth-order valence-corrected chi connectivity index (χ4v) is 8.55. The number of benzene rings is 1. The Balaban J connectivity index is 0.000000343. The van der Waals surface area contributed by atoms with Crippen molar-refractivity contribution in [1.82, 2.24) is 34.2 Å². The summed E-state index contributed by atoms with van der Waals surface area (Å²) in [6.07, 6.45) is 30.9. The van der Waals surface area contributed by atoms with Gasteiger partial charge in [-0.25, -0.2) is 9.78 Å². The van der Waals surface area contributed by atoms with Crippen molar-refractivity contribution < 1.29 is 19.8 Å². The van der Waals surface area contributed by atoms with Crippen molar-refractivity contribution in [2.75, 3.05) is 32.7 Å². The van der Waals surface area contributed by atoms with Crippen molar-refractivity contribution in [1.29, 1.82) is 0 Å². The summed E-state index contributed by atoms with van der Waals surface area (Å²) in [6.45, 7) is 8.79. The Labute approximate surface area is 384 Å². The maximum absolute atomic E-state index is 12.7. The summed E-state index contributed by atoms with van der Waals surface area (Å²) in [5.74, 6) is -0.320. The number of aliphatic hydroxyl groups is 2. The average Bonchev–Trinajstić information content (AvgIpc) is 3.80. The van der Waals surface area contributed by atoms with Crippen molar-refractivity contribution in [3.8, 4) is 0 Å². The number of nitrogens with one attached hydrogen (secondary N) is 2. The molecule has 0 spiro atoms. The molecular weight excluding hydrogens is 807 g/mol. The third-order valence-corrected chi connectivity index (χ3v) is 12.6. The molecule has 0 fully saturated rings. The standard InChI is InChI=1S/C26H47N5O3.C25H40N2O3/c1-4-5-6-7-11-14-17-22(32)20-27-18-15-12-9-8-10-13-16-19-31-25(33)23-24(28-21-29(23)2)30(3)26(31)34;1-2-3-4-5-8-13-18-26-20-21(28)15-10-7-6-9-14-19-27-24(29)22-16-11-12-17-23(22)25(27)30/h21-22,27,32H,4-20H2,1-3H3;11-12,16-17,21,26,28H,2-10,13-15,18-20H2,1H3. The van der Waals surface area contributed by atoms with E-state index in [9.17, 15) is 29.4 Å². The maximum Gasteiger partial charge on any atom is 0.332 e. The zero-order valence-electron chi connectivity index (χ0n) is 40.4. The van der Waals surface area contributed by atoms with Gasteiger partial charge in [0.05, 0.1) is 29.7 Å². The molecule has 0 bridgehead atoms. The van der Waals surface area contributed by atoms with Gasteiger partial charge in [-0.2, -0.15) is 0 Å². The van der Waals surface area contributed by atoms with E-state index in [1.54, 1.807) is 49.3 Å². The highest BCUT2D eigenvalue weighted by Gasteiger charge is 2.34. The Kier molecular flexibility index (Phi) is 28.1. The van der Waals surface area contributed by atoms with Gasteiger partial charge in [-0.1, -0.05) is 154 Å². The first-order valence-electron chi connectivity index (χ1n) is 25.5. The number of aromatic nitrogens is 4. The number of imide groups is 1. The quantitative estimate of drug-likeness (QED) is 0.0330. The number of carbonyl (C=O) groups is 2. The van der Waals surface area contributed by atoms with Gasteiger partial charge in [0, 0.05) is 40.3 Å². The second kappa shape index (κ2) is 32.9. The molecule has 0 saturated carbocycles. The van der Waals surface area contributed by atoms with Gasteiger partial charge in [-0.15, -0.1) is 0 Å². The highest BCUT2D eigenvalue weighted by Crippen LogP contribution is 2.23. The van der Waals surface area contributed by atoms with Gasteiger partial charge in [0.15, 0.2) is 11.2 Å². The molecule has 1 aromatic carbocycles. The largest absolute Gasteiger partial charge is 0.392 e. The topological polar surface area (TPSA) is 164 Å². The molecule has 4 N–H and O–H groups in total. The molecule has 0 radical (unpaired) electrons.